The summed E-state index contributed by atoms with van der Waals surface area (Å²) in [6.07, 6.45) is 3.70. The Kier molecular flexibility index (Phi) is 7.51. The van der Waals surface area contributed by atoms with Gasteiger partial charge in [-0.2, -0.15) is 0 Å². The molecule has 0 heterocycles. The number of nitrogens with two attached hydrogens (primary N) is 1. The van der Waals surface area contributed by atoms with Crippen molar-refractivity contribution < 1.29 is 9.47 Å². The van der Waals surface area contributed by atoms with Gasteiger partial charge in [0.15, 0.2) is 0 Å². The van der Waals surface area contributed by atoms with Gasteiger partial charge in [0.2, 0.25) is 0 Å². The highest BCUT2D eigenvalue weighted by Gasteiger charge is 2.01. The Morgan fingerprint density at radius 3 is 2.89 bits per heavy atom. The molecule has 0 aliphatic heterocycles. The molecule has 0 aliphatic rings. The third-order valence-electron chi connectivity index (χ3n) is 2.52. The normalized spacial score (nSPS) is 10.2. The van der Waals surface area contributed by atoms with Crippen LogP contribution in [0.5, 0.6) is 5.75 Å². The largest absolute Gasteiger partial charge is 0.491 e. The van der Waals surface area contributed by atoms with E-state index >= 15 is 0 Å². The summed E-state index contributed by atoms with van der Waals surface area (Å²) < 4.78 is 11.0. The molecule has 0 spiro atoms. The fourth-order valence-corrected chi connectivity index (χ4v) is 1.52. The lowest BCUT2D eigenvalue weighted by molar-refractivity contribution is 0.149. The predicted molar refractivity (Wildman–Crippen MR) is 80.8 cm³/mol. The van der Waals surface area contributed by atoms with Crippen molar-refractivity contribution in [2.75, 3.05) is 37.4 Å². The van der Waals surface area contributed by atoms with E-state index in [2.05, 4.69) is 18.8 Å². The average molecular weight is 264 g/mol. The molecule has 1 rings (SSSR count). The van der Waals surface area contributed by atoms with Gasteiger partial charge >= 0.3 is 0 Å². The van der Waals surface area contributed by atoms with E-state index in [1.165, 1.54) is 0 Å². The van der Waals surface area contributed by atoms with Gasteiger partial charge in [0.05, 0.1) is 25.5 Å². The van der Waals surface area contributed by atoms with Crippen molar-refractivity contribution in [1.82, 2.24) is 0 Å². The van der Waals surface area contributed by atoms with Crippen LogP contribution in [0.25, 0.3) is 0 Å². The Labute approximate surface area is 115 Å². The number of nitrogen functional groups attached to an aromatic ring is 1. The minimum absolute atomic E-state index is 0.668. The van der Waals surface area contributed by atoms with Crippen molar-refractivity contribution >= 4 is 11.4 Å². The maximum Gasteiger partial charge on any atom is 0.144 e. The van der Waals surface area contributed by atoms with E-state index in [1.54, 1.807) is 0 Å². The Morgan fingerprint density at radius 1 is 1.32 bits per heavy atom. The van der Waals surface area contributed by atoms with Crippen LogP contribution in [-0.4, -0.2) is 26.4 Å². The molecule has 0 aliphatic carbocycles. The predicted octanol–water partition coefficient (Wildman–Crippen LogP) is 3.06. The molecule has 19 heavy (non-hydrogen) atoms. The molecule has 1 aromatic carbocycles. The number of hydrogen-bond acceptors (Lipinski definition) is 4. The molecule has 4 heteroatoms. The Morgan fingerprint density at radius 2 is 2.16 bits per heavy atom. The SMILES string of the molecule is C=CCCOCCNc1ccc(N)c(OCCC)c1. The smallest absolute Gasteiger partial charge is 0.144 e. The minimum Gasteiger partial charge on any atom is -0.491 e. The van der Waals surface area contributed by atoms with E-state index in [4.69, 9.17) is 15.2 Å². The summed E-state index contributed by atoms with van der Waals surface area (Å²) in [6, 6.07) is 5.72. The molecule has 0 radical (unpaired) electrons. The topological polar surface area (TPSA) is 56.5 Å². The van der Waals surface area contributed by atoms with Gasteiger partial charge in [-0.3, -0.25) is 0 Å². The molecule has 0 aromatic heterocycles. The summed E-state index contributed by atoms with van der Waals surface area (Å²) in [5.74, 6) is 0.736. The van der Waals surface area contributed by atoms with Crippen LogP contribution in [0.4, 0.5) is 11.4 Å². The molecule has 0 fully saturated rings. The van der Waals surface area contributed by atoms with Gasteiger partial charge < -0.3 is 20.5 Å². The van der Waals surface area contributed by atoms with E-state index in [9.17, 15) is 0 Å². The molecule has 0 amide bonds. The first-order valence-corrected chi connectivity index (χ1v) is 6.72. The van der Waals surface area contributed by atoms with Gasteiger partial charge in [0.25, 0.3) is 0 Å². The number of hydrogen-bond donors (Lipinski definition) is 2. The lowest BCUT2D eigenvalue weighted by Gasteiger charge is -2.11. The van der Waals surface area contributed by atoms with Crippen molar-refractivity contribution in [2.45, 2.75) is 19.8 Å². The maximum atomic E-state index is 5.85. The van der Waals surface area contributed by atoms with Crippen molar-refractivity contribution in [2.24, 2.45) is 0 Å². The highest BCUT2D eigenvalue weighted by Crippen LogP contribution is 2.25. The van der Waals surface area contributed by atoms with Gasteiger partial charge in [-0.25, -0.2) is 0 Å². The van der Waals surface area contributed by atoms with Gasteiger partial charge in [0.1, 0.15) is 5.75 Å². The molecule has 0 saturated heterocycles. The lowest BCUT2D eigenvalue weighted by atomic mass is 10.2. The summed E-state index contributed by atoms with van der Waals surface area (Å²) >= 11 is 0. The molecule has 106 valence electrons. The van der Waals surface area contributed by atoms with Crippen LogP contribution < -0.4 is 15.8 Å². The fraction of sp³-hybridized carbons (Fsp3) is 0.467. The molecular formula is C15H24N2O2. The van der Waals surface area contributed by atoms with E-state index in [1.807, 2.05) is 24.3 Å². The molecule has 0 saturated carbocycles. The maximum absolute atomic E-state index is 5.85. The lowest BCUT2D eigenvalue weighted by Crippen LogP contribution is -2.10. The zero-order valence-corrected chi connectivity index (χ0v) is 11.7. The molecule has 4 nitrogen and oxygen atoms in total. The quantitative estimate of drug-likeness (QED) is 0.387. The van der Waals surface area contributed by atoms with Crippen LogP contribution in [0.1, 0.15) is 19.8 Å². The minimum atomic E-state index is 0.668. The van der Waals surface area contributed by atoms with Crippen molar-refractivity contribution in [1.29, 1.82) is 0 Å². The fourth-order valence-electron chi connectivity index (χ4n) is 1.52. The van der Waals surface area contributed by atoms with Crippen molar-refractivity contribution in [3.8, 4) is 5.75 Å². The molecule has 1 aromatic rings. The van der Waals surface area contributed by atoms with Crippen LogP contribution in [0.3, 0.4) is 0 Å². The number of benzene rings is 1. The molecular weight excluding hydrogens is 240 g/mol. The second-order valence-corrected chi connectivity index (χ2v) is 4.22. The Bertz CT molecular complexity index is 380. The average Bonchev–Trinajstić information content (AvgIpc) is 2.43. The summed E-state index contributed by atoms with van der Waals surface area (Å²) in [5.41, 5.74) is 7.51. The summed E-state index contributed by atoms with van der Waals surface area (Å²) in [6.45, 7) is 8.54. The monoisotopic (exact) mass is 264 g/mol. The molecule has 0 atom stereocenters. The first-order chi connectivity index (χ1) is 9.27. The first-order valence-electron chi connectivity index (χ1n) is 6.72. The summed E-state index contributed by atoms with van der Waals surface area (Å²) in [4.78, 5) is 0. The van der Waals surface area contributed by atoms with E-state index in [0.717, 1.165) is 37.4 Å². The summed E-state index contributed by atoms with van der Waals surface area (Å²) in [7, 11) is 0. The highest BCUT2D eigenvalue weighted by atomic mass is 16.5. The van der Waals surface area contributed by atoms with Crippen LogP contribution in [0.15, 0.2) is 30.9 Å². The van der Waals surface area contributed by atoms with Crippen molar-refractivity contribution in [3.63, 3.8) is 0 Å². The number of rotatable bonds is 10. The van der Waals surface area contributed by atoms with E-state index < -0.39 is 0 Å². The van der Waals surface area contributed by atoms with Gasteiger partial charge in [-0.15, -0.1) is 6.58 Å². The number of nitrogens with one attached hydrogen (secondary N) is 1. The Balaban J connectivity index is 2.34. The standard InChI is InChI=1S/C15H24N2O2/c1-3-5-10-18-11-8-17-13-6-7-14(16)15(12-13)19-9-4-2/h3,6-7,12,17H,1,4-5,8-11,16H2,2H3. The molecule has 3 N–H and O–H groups in total. The van der Waals surface area contributed by atoms with E-state index in [0.29, 0.717) is 18.9 Å². The zero-order valence-electron chi connectivity index (χ0n) is 11.7. The third-order valence-corrected chi connectivity index (χ3v) is 2.52. The molecule has 0 bridgehead atoms. The van der Waals surface area contributed by atoms with Crippen LogP contribution in [0.2, 0.25) is 0 Å². The zero-order chi connectivity index (χ0) is 13.9. The second kappa shape index (κ2) is 9.28. The van der Waals surface area contributed by atoms with Crippen LogP contribution in [-0.2, 0) is 4.74 Å². The van der Waals surface area contributed by atoms with Gasteiger partial charge in [-0.05, 0) is 25.0 Å². The van der Waals surface area contributed by atoms with Crippen LogP contribution in [0, 0.1) is 0 Å². The summed E-state index contributed by atoms with van der Waals surface area (Å²) in [5, 5.41) is 3.28. The first kappa shape index (κ1) is 15.4. The third kappa shape index (κ3) is 6.15. The number of ether oxygens (including phenoxy) is 2. The van der Waals surface area contributed by atoms with E-state index in [-0.39, 0.29) is 0 Å². The second-order valence-electron chi connectivity index (χ2n) is 4.22. The van der Waals surface area contributed by atoms with Gasteiger partial charge in [0, 0.05) is 18.3 Å². The number of anilines is 2. The molecule has 0 unspecified atom stereocenters. The highest BCUT2D eigenvalue weighted by molar-refractivity contribution is 5.61. The van der Waals surface area contributed by atoms with Crippen molar-refractivity contribution in [3.05, 3.63) is 30.9 Å². The van der Waals surface area contributed by atoms with Crippen LogP contribution >= 0.6 is 0 Å². The van der Waals surface area contributed by atoms with Gasteiger partial charge in [-0.1, -0.05) is 13.0 Å². The Hall–Kier alpha value is -1.68.